The van der Waals surface area contributed by atoms with Crippen LogP contribution in [-0.2, 0) is 25.0 Å². The van der Waals surface area contributed by atoms with Gasteiger partial charge in [-0.15, -0.1) is 0 Å². The molecule has 26 heavy (non-hydrogen) atoms. The van der Waals surface area contributed by atoms with E-state index in [2.05, 4.69) is 13.8 Å². The molecule has 2 saturated heterocycles. The zero-order valence-corrected chi connectivity index (χ0v) is 15.8. The van der Waals surface area contributed by atoms with E-state index < -0.39 is 10.8 Å². The van der Waals surface area contributed by atoms with E-state index in [9.17, 15) is 4.21 Å². The van der Waals surface area contributed by atoms with Crippen LogP contribution >= 0.6 is 0 Å². The van der Waals surface area contributed by atoms with E-state index in [1.807, 2.05) is 60.7 Å². The highest BCUT2D eigenvalue weighted by atomic mass is 32.2. The van der Waals surface area contributed by atoms with E-state index >= 15 is 0 Å². The van der Waals surface area contributed by atoms with Crippen molar-refractivity contribution >= 4 is 10.8 Å². The largest absolute Gasteiger partial charge is 0.356 e. The molecule has 0 aliphatic carbocycles. The fourth-order valence-electron chi connectivity index (χ4n) is 3.69. The Kier molecular flexibility index (Phi) is 5.23. The quantitative estimate of drug-likeness (QED) is 0.820. The van der Waals surface area contributed by atoms with Gasteiger partial charge >= 0.3 is 0 Å². The molecule has 5 heteroatoms. The molecule has 0 radical (unpaired) electrons. The normalized spacial score (nSPS) is 35.5. The van der Waals surface area contributed by atoms with Crippen LogP contribution in [0.3, 0.4) is 0 Å². The van der Waals surface area contributed by atoms with E-state index in [1.54, 1.807) is 0 Å². The fraction of sp³-hybridized carbons (Fsp3) is 0.429. The summed E-state index contributed by atoms with van der Waals surface area (Å²) in [6.07, 6.45) is -0.626. The number of rotatable bonds is 3. The highest BCUT2D eigenvalue weighted by Crippen LogP contribution is 2.40. The second-order valence-corrected chi connectivity index (χ2v) is 8.58. The molecule has 2 aliphatic heterocycles. The Hall–Kier alpha value is -1.53. The van der Waals surface area contributed by atoms with E-state index in [0.717, 1.165) is 10.5 Å². The fourth-order valence-corrected chi connectivity index (χ4v) is 5.26. The summed E-state index contributed by atoms with van der Waals surface area (Å²) in [6, 6.07) is 19.5. The first-order chi connectivity index (χ1) is 12.6. The number of hydrogen-bond acceptors (Lipinski definition) is 4. The summed E-state index contributed by atoms with van der Waals surface area (Å²) in [4.78, 5) is 0.801. The lowest BCUT2D eigenvalue weighted by molar-refractivity contribution is -0.301. The SMILES string of the molecule is CC1C(C)C(S(=O)c2ccccc2)OC2COC(c3ccccc3)OC21. The van der Waals surface area contributed by atoms with Crippen molar-refractivity contribution in [2.45, 2.75) is 42.7 Å². The monoisotopic (exact) mass is 372 g/mol. The number of hydrogen-bond donors (Lipinski definition) is 0. The van der Waals surface area contributed by atoms with Crippen LogP contribution in [0.25, 0.3) is 0 Å². The van der Waals surface area contributed by atoms with Gasteiger partial charge in [0.25, 0.3) is 0 Å². The Bertz CT molecular complexity index is 749. The van der Waals surface area contributed by atoms with Crippen LogP contribution in [0, 0.1) is 11.8 Å². The Morgan fingerprint density at radius 2 is 1.54 bits per heavy atom. The molecule has 0 bridgehead atoms. The third-order valence-electron chi connectivity index (χ3n) is 5.40. The third kappa shape index (κ3) is 3.37. The van der Waals surface area contributed by atoms with Gasteiger partial charge in [-0.2, -0.15) is 0 Å². The maximum absolute atomic E-state index is 13.0. The van der Waals surface area contributed by atoms with Gasteiger partial charge in [-0.05, 0) is 24.0 Å². The first-order valence-electron chi connectivity index (χ1n) is 9.08. The van der Waals surface area contributed by atoms with Crippen LogP contribution in [0.1, 0.15) is 25.7 Å². The maximum Gasteiger partial charge on any atom is 0.184 e. The zero-order chi connectivity index (χ0) is 18.1. The molecule has 4 nitrogen and oxygen atoms in total. The number of benzene rings is 2. The van der Waals surface area contributed by atoms with Crippen LogP contribution in [0.2, 0.25) is 0 Å². The lowest BCUT2D eigenvalue weighted by Crippen LogP contribution is -2.56. The average molecular weight is 372 g/mol. The van der Waals surface area contributed by atoms with Crippen LogP contribution in [0.4, 0.5) is 0 Å². The smallest absolute Gasteiger partial charge is 0.184 e. The second kappa shape index (κ2) is 7.61. The van der Waals surface area contributed by atoms with Gasteiger partial charge in [-0.1, -0.05) is 62.4 Å². The summed E-state index contributed by atoms with van der Waals surface area (Å²) in [5, 5.41) is 0. The summed E-state index contributed by atoms with van der Waals surface area (Å²) >= 11 is 0. The van der Waals surface area contributed by atoms with Gasteiger partial charge in [-0.25, -0.2) is 0 Å². The molecule has 7 atom stereocenters. The van der Waals surface area contributed by atoms with Gasteiger partial charge < -0.3 is 14.2 Å². The summed E-state index contributed by atoms with van der Waals surface area (Å²) in [7, 11) is -1.21. The highest BCUT2D eigenvalue weighted by Gasteiger charge is 2.48. The van der Waals surface area contributed by atoms with Gasteiger partial charge in [0.05, 0.1) is 23.5 Å². The Labute approximate surface area is 156 Å². The molecule has 2 aromatic rings. The van der Waals surface area contributed by atoms with E-state index in [1.165, 1.54) is 0 Å². The molecule has 0 aromatic heterocycles. The topological polar surface area (TPSA) is 44.8 Å². The van der Waals surface area contributed by atoms with Crippen LogP contribution in [-0.4, -0.2) is 28.5 Å². The van der Waals surface area contributed by atoms with Gasteiger partial charge in [0, 0.05) is 10.5 Å². The Morgan fingerprint density at radius 1 is 0.885 bits per heavy atom. The van der Waals surface area contributed by atoms with Crippen molar-refractivity contribution in [2.75, 3.05) is 6.61 Å². The van der Waals surface area contributed by atoms with Gasteiger partial charge in [0.1, 0.15) is 11.5 Å². The van der Waals surface area contributed by atoms with Gasteiger partial charge in [0.15, 0.2) is 6.29 Å². The molecule has 0 saturated carbocycles. The first-order valence-corrected chi connectivity index (χ1v) is 10.3. The van der Waals surface area contributed by atoms with Crippen molar-refractivity contribution in [3.8, 4) is 0 Å². The van der Waals surface area contributed by atoms with Crippen molar-refractivity contribution in [1.82, 2.24) is 0 Å². The zero-order valence-electron chi connectivity index (χ0n) is 15.0. The molecule has 138 valence electrons. The Balaban J connectivity index is 1.51. The lowest BCUT2D eigenvalue weighted by atomic mass is 9.85. The molecule has 0 N–H and O–H groups in total. The predicted octanol–water partition coefficient (Wildman–Crippen LogP) is 3.91. The van der Waals surface area contributed by atoms with Crippen molar-refractivity contribution in [3.63, 3.8) is 0 Å². The minimum Gasteiger partial charge on any atom is -0.356 e. The molecule has 7 unspecified atom stereocenters. The lowest BCUT2D eigenvalue weighted by Gasteiger charge is -2.47. The van der Waals surface area contributed by atoms with Crippen molar-refractivity contribution in [1.29, 1.82) is 0 Å². The minimum atomic E-state index is -1.21. The predicted molar refractivity (Wildman–Crippen MR) is 99.8 cm³/mol. The molecule has 2 fully saturated rings. The maximum atomic E-state index is 13.0. The standard InChI is InChI=1S/C21H24O4S/c1-14-15(2)21(26(22)17-11-7-4-8-12-17)24-18-13-23-20(25-19(14)18)16-9-5-3-6-10-16/h3-12,14-15,18-21H,13H2,1-2H3. The second-order valence-electron chi connectivity index (χ2n) is 7.05. The molecule has 2 heterocycles. The average Bonchev–Trinajstić information content (AvgIpc) is 2.71. The molecule has 2 aliphatic rings. The van der Waals surface area contributed by atoms with Gasteiger partial charge in [-0.3, -0.25) is 4.21 Å². The van der Waals surface area contributed by atoms with Crippen LogP contribution < -0.4 is 0 Å². The molecule has 0 spiro atoms. The van der Waals surface area contributed by atoms with Crippen molar-refractivity contribution < 1.29 is 18.4 Å². The molecule has 2 aromatic carbocycles. The Morgan fingerprint density at radius 3 is 2.23 bits per heavy atom. The molecular weight excluding hydrogens is 348 g/mol. The van der Waals surface area contributed by atoms with Crippen molar-refractivity contribution in [3.05, 3.63) is 66.2 Å². The van der Waals surface area contributed by atoms with Gasteiger partial charge in [0.2, 0.25) is 0 Å². The van der Waals surface area contributed by atoms with E-state index in [4.69, 9.17) is 14.2 Å². The molecule has 0 amide bonds. The molecule has 4 rings (SSSR count). The number of fused-ring (bicyclic) bond motifs is 1. The number of ether oxygens (including phenoxy) is 3. The van der Waals surface area contributed by atoms with E-state index in [-0.39, 0.29) is 35.8 Å². The molecular formula is C21H24O4S. The van der Waals surface area contributed by atoms with Crippen LogP contribution in [0.15, 0.2) is 65.6 Å². The summed E-state index contributed by atoms with van der Waals surface area (Å²) < 4.78 is 31.4. The summed E-state index contributed by atoms with van der Waals surface area (Å²) in [5.41, 5.74) is 0.662. The highest BCUT2D eigenvalue weighted by molar-refractivity contribution is 7.85. The summed E-state index contributed by atoms with van der Waals surface area (Å²) in [6.45, 7) is 4.71. The third-order valence-corrected chi connectivity index (χ3v) is 7.10. The summed E-state index contributed by atoms with van der Waals surface area (Å²) in [5.74, 6) is 0.341. The van der Waals surface area contributed by atoms with Crippen molar-refractivity contribution in [2.24, 2.45) is 11.8 Å². The van der Waals surface area contributed by atoms with E-state index in [0.29, 0.717) is 6.61 Å². The van der Waals surface area contributed by atoms with Crippen LogP contribution in [0.5, 0.6) is 0 Å². The first kappa shape index (κ1) is 17.9. The minimum absolute atomic E-state index is 0.0621.